The van der Waals surface area contributed by atoms with Gasteiger partial charge in [-0.25, -0.2) is 8.78 Å². The zero-order valence-electron chi connectivity index (χ0n) is 17.0. The van der Waals surface area contributed by atoms with Crippen LogP contribution in [0, 0.1) is 17.5 Å². The van der Waals surface area contributed by atoms with Gasteiger partial charge < -0.3 is 9.47 Å². The fourth-order valence-electron chi connectivity index (χ4n) is 4.65. The van der Waals surface area contributed by atoms with Gasteiger partial charge in [0.2, 0.25) is 5.82 Å². The topological polar surface area (TPSA) is 18.5 Å². The summed E-state index contributed by atoms with van der Waals surface area (Å²) in [5.41, 5.74) is 2.21. The normalized spacial score (nSPS) is 20.7. The van der Waals surface area contributed by atoms with Crippen LogP contribution in [0.1, 0.15) is 74.1 Å². The van der Waals surface area contributed by atoms with Gasteiger partial charge in [0.1, 0.15) is 0 Å². The van der Waals surface area contributed by atoms with Crippen molar-refractivity contribution in [2.24, 2.45) is 0 Å². The first-order valence-electron chi connectivity index (χ1n) is 10.6. The van der Waals surface area contributed by atoms with E-state index in [9.17, 15) is 13.2 Å². The largest absolute Gasteiger partial charge is 0.450 e. The van der Waals surface area contributed by atoms with Crippen molar-refractivity contribution >= 4 is 0 Å². The minimum absolute atomic E-state index is 0.0310. The van der Waals surface area contributed by atoms with Crippen LogP contribution in [0.5, 0.6) is 11.5 Å². The Balaban J connectivity index is 1.63. The lowest BCUT2D eigenvalue weighted by Crippen LogP contribution is -2.22. The first-order valence-corrected chi connectivity index (χ1v) is 10.6. The van der Waals surface area contributed by atoms with Crippen molar-refractivity contribution in [1.82, 2.24) is 0 Å². The van der Waals surface area contributed by atoms with Crippen LogP contribution < -0.4 is 4.74 Å². The molecule has 2 aromatic rings. The zero-order valence-corrected chi connectivity index (χ0v) is 17.0. The van der Waals surface area contributed by atoms with Crippen molar-refractivity contribution in [2.75, 3.05) is 6.61 Å². The third kappa shape index (κ3) is 3.77. The molecule has 1 saturated carbocycles. The Labute approximate surface area is 170 Å². The summed E-state index contributed by atoms with van der Waals surface area (Å²) in [5.74, 6) is -2.50. The van der Waals surface area contributed by atoms with Crippen molar-refractivity contribution in [2.45, 2.75) is 70.8 Å². The highest BCUT2D eigenvalue weighted by atomic mass is 19.2. The lowest BCUT2D eigenvalue weighted by atomic mass is 9.81. The molecule has 0 radical (unpaired) electrons. The van der Waals surface area contributed by atoms with Crippen LogP contribution in [0.15, 0.2) is 18.2 Å². The molecule has 0 atom stereocenters. The van der Waals surface area contributed by atoms with E-state index in [1.807, 2.05) is 19.9 Å². The molecule has 2 nitrogen and oxygen atoms in total. The maximum Gasteiger partial charge on any atom is 0.201 e. The quantitative estimate of drug-likeness (QED) is 0.465. The molecule has 5 heteroatoms. The number of halogens is 3. The van der Waals surface area contributed by atoms with Crippen molar-refractivity contribution in [3.05, 3.63) is 57.9 Å². The van der Waals surface area contributed by atoms with Gasteiger partial charge in [-0.2, -0.15) is 4.39 Å². The fraction of sp³-hybridized carbons (Fsp3) is 0.500. The van der Waals surface area contributed by atoms with E-state index < -0.39 is 17.5 Å². The Bertz CT molecular complexity index is 902. The molecule has 156 valence electrons. The molecule has 0 aromatic heterocycles. The van der Waals surface area contributed by atoms with Gasteiger partial charge in [0.25, 0.3) is 0 Å². The summed E-state index contributed by atoms with van der Waals surface area (Å²) >= 11 is 0. The lowest BCUT2D eigenvalue weighted by Gasteiger charge is -2.30. The predicted octanol–water partition coefficient (Wildman–Crippen LogP) is 6.82. The molecule has 1 aliphatic heterocycles. The van der Waals surface area contributed by atoms with E-state index in [0.29, 0.717) is 41.7 Å². The second kappa shape index (κ2) is 8.39. The standard InChI is InChI=1S/C24H27F3O2/c1-3-5-15-6-7-16-12-17-13-19(14-8-10-18(11-9-14)28-4-2)21(26)22(27)24(17)29-23(16)20(15)25/h6-7,13-14,18H,3-5,8-12H2,1-2H3. The summed E-state index contributed by atoms with van der Waals surface area (Å²) in [6.07, 6.45) is 5.16. The molecule has 0 N–H and O–H groups in total. The van der Waals surface area contributed by atoms with Gasteiger partial charge in [-0.1, -0.05) is 25.5 Å². The number of hydrogen-bond acceptors (Lipinski definition) is 2. The van der Waals surface area contributed by atoms with Gasteiger partial charge in [0, 0.05) is 24.2 Å². The van der Waals surface area contributed by atoms with Gasteiger partial charge in [0.15, 0.2) is 23.1 Å². The maximum absolute atomic E-state index is 14.9. The van der Waals surface area contributed by atoms with Gasteiger partial charge in [0.05, 0.1) is 6.10 Å². The van der Waals surface area contributed by atoms with E-state index in [4.69, 9.17) is 9.47 Å². The molecule has 1 fully saturated rings. The molecule has 0 spiro atoms. The minimum Gasteiger partial charge on any atom is -0.450 e. The Morgan fingerprint density at radius 2 is 1.66 bits per heavy atom. The first-order chi connectivity index (χ1) is 14.0. The van der Waals surface area contributed by atoms with E-state index >= 15 is 0 Å². The molecular formula is C24H27F3O2. The molecule has 0 bridgehead atoms. The number of rotatable bonds is 5. The van der Waals surface area contributed by atoms with Gasteiger partial charge in [-0.05, 0) is 62.1 Å². The Kier molecular flexibility index (Phi) is 5.86. The van der Waals surface area contributed by atoms with E-state index in [-0.39, 0.29) is 23.5 Å². The highest BCUT2D eigenvalue weighted by Gasteiger charge is 2.31. The molecule has 0 unspecified atom stereocenters. The average molecular weight is 404 g/mol. The molecule has 1 heterocycles. The van der Waals surface area contributed by atoms with E-state index in [1.54, 1.807) is 12.1 Å². The molecular weight excluding hydrogens is 377 g/mol. The van der Waals surface area contributed by atoms with Crippen LogP contribution in [0.25, 0.3) is 0 Å². The third-order valence-electron chi connectivity index (χ3n) is 6.15. The van der Waals surface area contributed by atoms with Crippen molar-refractivity contribution in [1.29, 1.82) is 0 Å². The van der Waals surface area contributed by atoms with Crippen LogP contribution in [0.3, 0.4) is 0 Å². The Morgan fingerprint density at radius 1 is 0.931 bits per heavy atom. The molecule has 0 amide bonds. The summed E-state index contributed by atoms with van der Waals surface area (Å²) in [6.45, 7) is 4.61. The predicted molar refractivity (Wildman–Crippen MR) is 106 cm³/mol. The van der Waals surface area contributed by atoms with Crippen LogP contribution >= 0.6 is 0 Å². The number of aryl methyl sites for hydroxylation is 1. The summed E-state index contributed by atoms with van der Waals surface area (Å²) in [4.78, 5) is 0. The first kappa shape index (κ1) is 20.3. The molecule has 2 aliphatic rings. The van der Waals surface area contributed by atoms with Crippen molar-refractivity contribution in [3.8, 4) is 11.5 Å². The number of ether oxygens (including phenoxy) is 2. The second-order valence-corrected chi connectivity index (χ2v) is 8.07. The maximum atomic E-state index is 14.9. The van der Waals surface area contributed by atoms with Crippen LogP contribution in [-0.4, -0.2) is 12.7 Å². The lowest BCUT2D eigenvalue weighted by molar-refractivity contribution is 0.0325. The monoisotopic (exact) mass is 404 g/mol. The number of fused-ring (bicyclic) bond motifs is 2. The van der Waals surface area contributed by atoms with Crippen LogP contribution in [0.4, 0.5) is 13.2 Å². The van der Waals surface area contributed by atoms with Crippen molar-refractivity contribution < 1.29 is 22.6 Å². The van der Waals surface area contributed by atoms with Crippen LogP contribution in [0.2, 0.25) is 0 Å². The Morgan fingerprint density at radius 3 is 2.34 bits per heavy atom. The number of benzene rings is 2. The molecule has 4 rings (SSSR count). The highest BCUT2D eigenvalue weighted by molar-refractivity contribution is 5.54. The SMILES string of the molecule is CCCc1ccc2c(c1F)Oc1c(cc(C3CCC(OCC)CC3)c(F)c1F)C2. The summed E-state index contributed by atoms with van der Waals surface area (Å²) in [5, 5.41) is 0. The van der Waals surface area contributed by atoms with E-state index in [1.165, 1.54) is 0 Å². The van der Waals surface area contributed by atoms with Gasteiger partial charge in [-0.15, -0.1) is 0 Å². The Hall–Kier alpha value is -2.01. The van der Waals surface area contributed by atoms with Crippen molar-refractivity contribution in [3.63, 3.8) is 0 Å². The molecule has 29 heavy (non-hydrogen) atoms. The minimum atomic E-state index is -1.00. The fourth-order valence-corrected chi connectivity index (χ4v) is 4.65. The zero-order chi connectivity index (χ0) is 20.5. The molecule has 1 aliphatic carbocycles. The highest BCUT2D eigenvalue weighted by Crippen LogP contribution is 2.45. The third-order valence-corrected chi connectivity index (χ3v) is 6.15. The number of hydrogen-bond donors (Lipinski definition) is 0. The average Bonchev–Trinajstić information content (AvgIpc) is 2.73. The van der Waals surface area contributed by atoms with E-state index in [0.717, 1.165) is 32.1 Å². The van der Waals surface area contributed by atoms with E-state index in [2.05, 4.69) is 0 Å². The van der Waals surface area contributed by atoms with Crippen LogP contribution in [-0.2, 0) is 17.6 Å². The van der Waals surface area contributed by atoms with Gasteiger partial charge >= 0.3 is 0 Å². The molecule has 2 aromatic carbocycles. The summed E-state index contributed by atoms with van der Waals surface area (Å²) < 4.78 is 55.9. The summed E-state index contributed by atoms with van der Waals surface area (Å²) in [6, 6.07) is 5.32. The summed E-state index contributed by atoms with van der Waals surface area (Å²) in [7, 11) is 0. The molecule has 0 saturated heterocycles. The van der Waals surface area contributed by atoms with Gasteiger partial charge in [-0.3, -0.25) is 0 Å². The second-order valence-electron chi connectivity index (χ2n) is 8.07. The smallest absolute Gasteiger partial charge is 0.201 e.